The molecule has 0 amide bonds. The molecule has 0 spiro atoms. The van der Waals surface area contributed by atoms with Crippen LogP contribution in [0.2, 0.25) is 0 Å². The molecule has 0 aliphatic heterocycles. The van der Waals surface area contributed by atoms with E-state index in [1.165, 1.54) is 0 Å². The second-order valence-electron chi connectivity index (χ2n) is 4.45. The van der Waals surface area contributed by atoms with Gasteiger partial charge in [0, 0.05) is 22.5 Å². The van der Waals surface area contributed by atoms with Gasteiger partial charge in [0.2, 0.25) is 0 Å². The standard InChI is InChI=1S/C16H17BrO3/c1-19-13-7-8-14(16(10-13)20-2)15(18)9-11-3-5-12(17)6-4-11/h3-8,10,15,18H,9H2,1-2H3. The summed E-state index contributed by atoms with van der Waals surface area (Å²) in [5.41, 5.74) is 1.83. The maximum absolute atomic E-state index is 10.4. The summed E-state index contributed by atoms with van der Waals surface area (Å²) in [6.45, 7) is 0. The normalized spacial score (nSPS) is 12.0. The molecule has 20 heavy (non-hydrogen) atoms. The molecule has 0 aliphatic rings. The number of rotatable bonds is 5. The Kier molecular flexibility index (Phi) is 5.04. The van der Waals surface area contributed by atoms with Crippen LogP contribution in [-0.4, -0.2) is 19.3 Å². The second kappa shape index (κ2) is 6.77. The molecule has 1 N–H and O–H groups in total. The van der Waals surface area contributed by atoms with Crippen LogP contribution in [0.25, 0.3) is 0 Å². The molecule has 106 valence electrons. The Morgan fingerprint density at radius 1 is 1.05 bits per heavy atom. The first-order chi connectivity index (χ1) is 9.63. The lowest BCUT2D eigenvalue weighted by atomic mass is 10.0. The highest BCUT2D eigenvalue weighted by Gasteiger charge is 2.14. The first-order valence-corrected chi connectivity index (χ1v) is 7.07. The van der Waals surface area contributed by atoms with Crippen molar-refractivity contribution < 1.29 is 14.6 Å². The Labute approximate surface area is 127 Å². The average molecular weight is 337 g/mol. The van der Waals surface area contributed by atoms with E-state index in [0.29, 0.717) is 17.9 Å². The van der Waals surface area contributed by atoms with Crippen LogP contribution in [0, 0.1) is 0 Å². The van der Waals surface area contributed by atoms with E-state index in [9.17, 15) is 5.11 Å². The summed E-state index contributed by atoms with van der Waals surface area (Å²) >= 11 is 3.40. The van der Waals surface area contributed by atoms with Crippen molar-refractivity contribution in [3.8, 4) is 11.5 Å². The third kappa shape index (κ3) is 3.52. The van der Waals surface area contributed by atoms with Crippen LogP contribution in [0.4, 0.5) is 0 Å². The van der Waals surface area contributed by atoms with Gasteiger partial charge in [0.05, 0.1) is 20.3 Å². The molecule has 1 atom stereocenters. The number of ether oxygens (including phenoxy) is 2. The summed E-state index contributed by atoms with van der Waals surface area (Å²) in [7, 11) is 3.19. The van der Waals surface area contributed by atoms with E-state index >= 15 is 0 Å². The van der Waals surface area contributed by atoms with Crippen LogP contribution >= 0.6 is 15.9 Å². The highest BCUT2D eigenvalue weighted by molar-refractivity contribution is 9.10. The maximum Gasteiger partial charge on any atom is 0.128 e. The minimum Gasteiger partial charge on any atom is -0.497 e. The van der Waals surface area contributed by atoms with Crippen LogP contribution < -0.4 is 9.47 Å². The van der Waals surface area contributed by atoms with Crippen molar-refractivity contribution >= 4 is 15.9 Å². The summed E-state index contributed by atoms with van der Waals surface area (Å²) in [6, 6.07) is 13.3. The summed E-state index contributed by atoms with van der Waals surface area (Å²) in [5.74, 6) is 1.34. The minimum atomic E-state index is -0.614. The van der Waals surface area contributed by atoms with Crippen LogP contribution in [-0.2, 0) is 6.42 Å². The quantitative estimate of drug-likeness (QED) is 0.903. The lowest BCUT2D eigenvalue weighted by molar-refractivity contribution is 0.174. The monoisotopic (exact) mass is 336 g/mol. The molecule has 2 aromatic rings. The van der Waals surface area contributed by atoms with Gasteiger partial charge in [0.15, 0.2) is 0 Å². The SMILES string of the molecule is COc1ccc(C(O)Cc2ccc(Br)cc2)c(OC)c1. The molecule has 0 fully saturated rings. The number of aliphatic hydroxyl groups is 1. The summed E-state index contributed by atoms with van der Waals surface area (Å²) in [6.07, 6.45) is -0.0762. The van der Waals surface area contributed by atoms with Crippen molar-refractivity contribution in [1.29, 1.82) is 0 Å². The van der Waals surface area contributed by atoms with E-state index in [0.717, 1.165) is 15.6 Å². The lowest BCUT2D eigenvalue weighted by Gasteiger charge is -2.16. The Morgan fingerprint density at radius 3 is 2.35 bits per heavy atom. The fourth-order valence-electron chi connectivity index (χ4n) is 2.05. The van der Waals surface area contributed by atoms with Crippen molar-refractivity contribution in [1.82, 2.24) is 0 Å². The molecule has 2 rings (SSSR count). The number of hydrogen-bond donors (Lipinski definition) is 1. The smallest absolute Gasteiger partial charge is 0.128 e. The third-order valence-electron chi connectivity index (χ3n) is 3.14. The maximum atomic E-state index is 10.4. The van der Waals surface area contributed by atoms with E-state index in [4.69, 9.17) is 9.47 Å². The second-order valence-corrected chi connectivity index (χ2v) is 5.37. The predicted molar refractivity (Wildman–Crippen MR) is 82.4 cm³/mol. The third-order valence-corrected chi connectivity index (χ3v) is 3.67. The molecule has 0 aromatic heterocycles. The Hall–Kier alpha value is -1.52. The molecule has 4 heteroatoms. The number of aliphatic hydroxyl groups excluding tert-OH is 1. The van der Waals surface area contributed by atoms with Gasteiger partial charge in [-0.2, -0.15) is 0 Å². The van der Waals surface area contributed by atoms with Gasteiger partial charge in [-0.15, -0.1) is 0 Å². The molecular formula is C16H17BrO3. The van der Waals surface area contributed by atoms with Gasteiger partial charge in [-0.25, -0.2) is 0 Å². The lowest BCUT2D eigenvalue weighted by Crippen LogP contribution is -2.04. The Bertz CT molecular complexity index is 566. The van der Waals surface area contributed by atoms with Crippen LogP contribution in [0.15, 0.2) is 46.9 Å². The topological polar surface area (TPSA) is 38.7 Å². The van der Waals surface area contributed by atoms with Gasteiger partial charge in [-0.05, 0) is 29.8 Å². The van der Waals surface area contributed by atoms with Crippen molar-refractivity contribution in [2.24, 2.45) is 0 Å². The fourth-order valence-corrected chi connectivity index (χ4v) is 2.31. The summed E-state index contributed by atoms with van der Waals surface area (Å²) in [5, 5.41) is 10.4. The van der Waals surface area contributed by atoms with Crippen LogP contribution in [0.3, 0.4) is 0 Å². The van der Waals surface area contributed by atoms with E-state index in [-0.39, 0.29) is 0 Å². The highest BCUT2D eigenvalue weighted by Crippen LogP contribution is 2.31. The molecular weight excluding hydrogens is 320 g/mol. The van der Waals surface area contributed by atoms with Crippen molar-refractivity contribution in [3.05, 3.63) is 58.1 Å². The van der Waals surface area contributed by atoms with Gasteiger partial charge >= 0.3 is 0 Å². The van der Waals surface area contributed by atoms with Gasteiger partial charge in [-0.3, -0.25) is 0 Å². The zero-order valence-corrected chi connectivity index (χ0v) is 13.1. The number of methoxy groups -OCH3 is 2. The first kappa shape index (κ1) is 14.9. The minimum absolute atomic E-state index is 0.538. The predicted octanol–water partition coefficient (Wildman–Crippen LogP) is 3.74. The summed E-state index contributed by atoms with van der Waals surface area (Å²) < 4.78 is 11.5. The molecule has 0 aliphatic carbocycles. The highest BCUT2D eigenvalue weighted by atomic mass is 79.9. The van der Waals surface area contributed by atoms with Crippen molar-refractivity contribution in [2.75, 3.05) is 14.2 Å². The largest absolute Gasteiger partial charge is 0.497 e. The molecule has 0 radical (unpaired) electrons. The molecule has 1 unspecified atom stereocenters. The van der Waals surface area contributed by atoms with Crippen LogP contribution in [0.5, 0.6) is 11.5 Å². The molecule has 0 saturated heterocycles. The number of hydrogen-bond acceptors (Lipinski definition) is 3. The Balaban J connectivity index is 2.20. The average Bonchev–Trinajstić information content (AvgIpc) is 2.48. The molecule has 0 saturated carbocycles. The van der Waals surface area contributed by atoms with E-state index in [1.54, 1.807) is 20.3 Å². The molecule has 0 heterocycles. The van der Waals surface area contributed by atoms with E-state index in [2.05, 4.69) is 15.9 Å². The fraction of sp³-hybridized carbons (Fsp3) is 0.250. The zero-order chi connectivity index (χ0) is 14.5. The Morgan fingerprint density at radius 2 is 1.75 bits per heavy atom. The van der Waals surface area contributed by atoms with Crippen LogP contribution in [0.1, 0.15) is 17.2 Å². The zero-order valence-electron chi connectivity index (χ0n) is 11.5. The number of benzene rings is 2. The summed E-state index contributed by atoms with van der Waals surface area (Å²) in [4.78, 5) is 0. The van der Waals surface area contributed by atoms with E-state index < -0.39 is 6.10 Å². The van der Waals surface area contributed by atoms with E-state index in [1.807, 2.05) is 36.4 Å². The molecule has 3 nitrogen and oxygen atoms in total. The molecule has 2 aromatic carbocycles. The first-order valence-electron chi connectivity index (χ1n) is 6.28. The van der Waals surface area contributed by atoms with Gasteiger partial charge < -0.3 is 14.6 Å². The van der Waals surface area contributed by atoms with Gasteiger partial charge in [-0.1, -0.05) is 28.1 Å². The number of halogens is 1. The van der Waals surface area contributed by atoms with Crippen molar-refractivity contribution in [3.63, 3.8) is 0 Å². The van der Waals surface area contributed by atoms with Gasteiger partial charge in [0.25, 0.3) is 0 Å². The van der Waals surface area contributed by atoms with Gasteiger partial charge in [0.1, 0.15) is 11.5 Å². The molecule has 0 bridgehead atoms. The van der Waals surface area contributed by atoms with Crippen molar-refractivity contribution in [2.45, 2.75) is 12.5 Å².